The number of para-hydroxylation sites is 1. The maximum Gasteiger partial charge on any atom is 0.288 e. The third-order valence-electron chi connectivity index (χ3n) is 2.86. The van der Waals surface area contributed by atoms with Crippen LogP contribution < -0.4 is 5.32 Å². The number of hydrogen-bond acceptors (Lipinski definition) is 3. The molecule has 1 N–H and O–H groups in total. The molecule has 0 radical (unpaired) electrons. The molecule has 0 aliphatic carbocycles. The zero-order valence-electron chi connectivity index (χ0n) is 9.90. The molecule has 3 nitrogen and oxygen atoms in total. The summed E-state index contributed by atoms with van der Waals surface area (Å²) in [6.07, 6.45) is 0.697. The van der Waals surface area contributed by atoms with E-state index in [4.69, 9.17) is 0 Å². The number of nitrogens with zero attached hydrogens (tertiary/aromatic N) is 1. The van der Waals surface area contributed by atoms with Gasteiger partial charge in [0.05, 0.1) is 0 Å². The number of likely N-dealkylation sites (N-methyl/N-ethyl adjacent to an activating group) is 1. The van der Waals surface area contributed by atoms with Crippen molar-refractivity contribution in [2.45, 2.75) is 23.1 Å². The lowest BCUT2D eigenvalue weighted by molar-refractivity contribution is -0.127. The number of anilines is 1. The van der Waals surface area contributed by atoms with Gasteiger partial charge in [0.25, 0.3) is 5.76 Å². The first kappa shape index (κ1) is 13.1. The summed E-state index contributed by atoms with van der Waals surface area (Å²) in [5, 5.41) is 3.05. The lowest BCUT2D eigenvalue weighted by Gasteiger charge is -2.16. The quantitative estimate of drug-likeness (QED) is 0.855. The first-order valence-corrected chi connectivity index (χ1v) is 6.51. The van der Waals surface area contributed by atoms with Crippen LogP contribution in [0.25, 0.3) is 0 Å². The largest absolute Gasteiger partial charge is 0.373 e. The van der Waals surface area contributed by atoms with Gasteiger partial charge in [-0.05, 0) is 18.6 Å². The van der Waals surface area contributed by atoms with Crippen LogP contribution in [0.3, 0.4) is 0 Å². The summed E-state index contributed by atoms with van der Waals surface area (Å²) in [6.45, 7) is 0.695. The molecule has 0 saturated carbocycles. The smallest absolute Gasteiger partial charge is 0.288 e. The third kappa shape index (κ3) is 2.93. The van der Waals surface area contributed by atoms with Crippen molar-refractivity contribution in [2.24, 2.45) is 0 Å². The molecule has 18 heavy (non-hydrogen) atoms. The van der Waals surface area contributed by atoms with Crippen LogP contribution in [0, 0.1) is 0 Å². The lowest BCUT2D eigenvalue weighted by atomic mass is 10.2. The maximum absolute atomic E-state index is 12.4. The number of thioether (sulfide) groups is 1. The van der Waals surface area contributed by atoms with Gasteiger partial charge >= 0.3 is 0 Å². The summed E-state index contributed by atoms with van der Waals surface area (Å²) in [4.78, 5) is 13.9. The highest BCUT2D eigenvalue weighted by atomic mass is 32.2. The van der Waals surface area contributed by atoms with Crippen LogP contribution in [-0.4, -0.2) is 36.2 Å². The molecule has 1 aliphatic heterocycles. The number of halogens is 2. The van der Waals surface area contributed by atoms with Crippen molar-refractivity contribution in [1.82, 2.24) is 4.90 Å². The molecule has 1 aromatic carbocycles. The number of nitrogens with one attached hydrogen (secondary N) is 1. The van der Waals surface area contributed by atoms with E-state index >= 15 is 0 Å². The topological polar surface area (TPSA) is 32.3 Å². The van der Waals surface area contributed by atoms with E-state index in [1.54, 1.807) is 36.2 Å². The van der Waals surface area contributed by atoms with E-state index in [-0.39, 0.29) is 11.9 Å². The van der Waals surface area contributed by atoms with Crippen LogP contribution in [0.5, 0.6) is 0 Å². The van der Waals surface area contributed by atoms with Gasteiger partial charge in [-0.3, -0.25) is 4.79 Å². The molecule has 2 rings (SSSR count). The fourth-order valence-electron chi connectivity index (χ4n) is 1.93. The molecule has 1 aliphatic rings. The monoisotopic (exact) mass is 272 g/mol. The molecule has 1 atom stereocenters. The summed E-state index contributed by atoms with van der Waals surface area (Å²) in [5.41, 5.74) is 0.594. The van der Waals surface area contributed by atoms with E-state index in [1.807, 2.05) is 0 Å². The van der Waals surface area contributed by atoms with Crippen molar-refractivity contribution in [2.75, 3.05) is 18.9 Å². The highest BCUT2D eigenvalue weighted by Crippen LogP contribution is 2.32. The molecule has 1 amide bonds. The zero-order valence-corrected chi connectivity index (χ0v) is 10.7. The van der Waals surface area contributed by atoms with E-state index in [1.165, 1.54) is 0 Å². The van der Waals surface area contributed by atoms with Crippen molar-refractivity contribution in [3.63, 3.8) is 0 Å². The average Bonchev–Trinajstić information content (AvgIpc) is 2.63. The second-order valence-corrected chi connectivity index (χ2v) is 5.15. The Kier molecular flexibility index (Phi) is 4.06. The van der Waals surface area contributed by atoms with Gasteiger partial charge in [0, 0.05) is 24.2 Å². The molecule has 1 fully saturated rings. The van der Waals surface area contributed by atoms with E-state index < -0.39 is 5.76 Å². The van der Waals surface area contributed by atoms with E-state index in [2.05, 4.69) is 5.32 Å². The Balaban J connectivity index is 2.11. The fourth-order valence-corrected chi connectivity index (χ4v) is 2.53. The molecule has 1 unspecified atom stereocenters. The first-order chi connectivity index (χ1) is 8.58. The molecule has 6 heteroatoms. The van der Waals surface area contributed by atoms with Gasteiger partial charge < -0.3 is 10.2 Å². The van der Waals surface area contributed by atoms with Crippen molar-refractivity contribution >= 4 is 23.4 Å². The molecule has 1 aromatic rings. The van der Waals surface area contributed by atoms with Crippen LogP contribution in [0.1, 0.15) is 6.42 Å². The third-order valence-corrected chi connectivity index (χ3v) is 3.65. The first-order valence-electron chi connectivity index (χ1n) is 5.63. The Morgan fingerprint density at radius 3 is 2.78 bits per heavy atom. The Hall–Kier alpha value is -1.30. The van der Waals surface area contributed by atoms with Crippen molar-refractivity contribution in [1.29, 1.82) is 0 Å². The number of carbonyl (C=O) groups excluding carboxylic acids is 1. The van der Waals surface area contributed by atoms with Gasteiger partial charge in [0.2, 0.25) is 5.91 Å². The number of likely N-dealkylation sites (tertiary alicyclic amines) is 1. The minimum atomic E-state index is -2.46. The van der Waals surface area contributed by atoms with Crippen LogP contribution in [0.15, 0.2) is 29.2 Å². The van der Waals surface area contributed by atoms with Crippen molar-refractivity contribution < 1.29 is 13.6 Å². The molecular formula is C12H14F2N2OS. The molecule has 0 bridgehead atoms. The van der Waals surface area contributed by atoms with Gasteiger partial charge in [-0.15, -0.1) is 0 Å². The lowest BCUT2D eigenvalue weighted by Crippen LogP contribution is -2.31. The van der Waals surface area contributed by atoms with Crippen LogP contribution in [-0.2, 0) is 4.79 Å². The predicted molar refractivity (Wildman–Crippen MR) is 68.0 cm³/mol. The Morgan fingerprint density at radius 2 is 2.17 bits per heavy atom. The van der Waals surface area contributed by atoms with Gasteiger partial charge in [0.1, 0.15) is 6.04 Å². The van der Waals surface area contributed by atoms with E-state index in [9.17, 15) is 13.6 Å². The Labute approximate surface area is 109 Å². The number of amides is 1. The van der Waals surface area contributed by atoms with Crippen LogP contribution in [0.2, 0.25) is 0 Å². The normalized spacial score (nSPS) is 19.7. The number of benzene rings is 1. The summed E-state index contributed by atoms with van der Waals surface area (Å²) in [6, 6.07) is 6.51. The second-order valence-electron chi connectivity index (χ2n) is 4.12. The molecule has 1 heterocycles. The van der Waals surface area contributed by atoms with Gasteiger partial charge in [-0.25, -0.2) is 0 Å². The minimum absolute atomic E-state index is 0.00634. The van der Waals surface area contributed by atoms with Gasteiger partial charge in [-0.2, -0.15) is 8.78 Å². The van der Waals surface area contributed by atoms with Gasteiger partial charge in [-0.1, -0.05) is 23.9 Å². The molecule has 0 spiro atoms. The molecule has 1 saturated heterocycles. The van der Waals surface area contributed by atoms with E-state index in [0.29, 0.717) is 35.3 Å². The maximum atomic E-state index is 12.4. The SMILES string of the molecule is CN1CCC(Nc2ccccc2SC(F)F)C1=O. The Morgan fingerprint density at radius 1 is 1.44 bits per heavy atom. The summed E-state index contributed by atoms with van der Waals surface area (Å²) < 4.78 is 24.8. The minimum Gasteiger partial charge on any atom is -0.373 e. The highest BCUT2D eigenvalue weighted by Gasteiger charge is 2.29. The Bertz CT molecular complexity index is 442. The highest BCUT2D eigenvalue weighted by molar-refractivity contribution is 7.99. The molecule has 98 valence electrons. The molecular weight excluding hydrogens is 258 g/mol. The summed E-state index contributed by atoms with van der Waals surface area (Å²) >= 11 is 0.490. The average molecular weight is 272 g/mol. The van der Waals surface area contributed by atoms with Crippen LogP contribution in [0.4, 0.5) is 14.5 Å². The number of hydrogen-bond donors (Lipinski definition) is 1. The summed E-state index contributed by atoms with van der Waals surface area (Å²) in [5.74, 6) is -2.46. The van der Waals surface area contributed by atoms with Crippen molar-refractivity contribution in [3.05, 3.63) is 24.3 Å². The van der Waals surface area contributed by atoms with E-state index in [0.717, 1.165) is 0 Å². The fraction of sp³-hybridized carbons (Fsp3) is 0.417. The van der Waals surface area contributed by atoms with Crippen molar-refractivity contribution in [3.8, 4) is 0 Å². The number of alkyl halides is 2. The number of rotatable bonds is 4. The summed E-state index contributed by atoms with van der Waals surface area (Å²) in [7, 11) is 1.74. The van der Waals surface area contributed by atoms with Gasteiger partial charge in [0.15, 0.2) is 0 Å². The predicted octanol–water partition coefficient (Wildman–Crippen LogP) is 2.64. The standard InChI is InChI=1S/C12H14F2N2OS/c1-16-7-6-9(11(16)17)15-8-4-2-3-5-10(8)18-12(13)14/h2-5,9,12,15H,6-7H2,1H3. The van der Waals surface area contributed by atoms with Crippen LogP contribution >= 0.6 is 11.8 Å². The zero-order chi connectivity index (χ0) is 13.1. The second kappa shape index (κ2) is 5.56. The molecule has 0 aromatic heterocycles. The number of carbonyl (C=O) groups is 1.